The van der Waals surface area contributed by atoms with E-state index in [0.29, 0.717) is 17.7 Å². The molecule has 144 valence electrons. The van der Waals surface area contributed by atoms with Crippen molar-refractivity contribution in [1.82, 2.24) is 10.3 Å². The summed E-state index contributed by atoms with van der Waals surface area (Å²) in [7, 11) is 0. The largest absolute Gasteiger partial charge is 0.375 e. The first-order chi connectivity index (χ1) is 13.6. The highest BCUT2D eigenvalue weighted by atomic mass is 32.1. The molecule has 1 aliphatic heterocycles. The highest BCUT2D eigenvalue weighted by Gasteiger charge is 2.20. The second kappa shape index (κ2) is 9.26. The van der Waals surface area contributed by atoms with Crippen molar-refractivity contribution in [3.63, 3.8) is 0 Å². The second-order valence-corrected chi connectivity index (χ2v) is 6.92. The van der Waals surface area contributed by atoms with Crippen LogP contribution >= 0.6 is 12.2 Å². The lowest BCUT2D eigenvalue weighted by Gasteiger charge is -2.36. The number of hydrogen-bond donors (Lipinski definition) is 2. The fourth-order valence-electron chi connectivity index (χ4n) is 3.18. The second-order valence-electron chi connectivity index (χ2n) is 6.48. The van der Waals surface area contributed by atoms with Crippen LogP contribution in [0.2, 0.25) is 0 Å². The molecule has 0 atom stereocenters. The normalized spacial score (nSPS) is 14.8. The molecule has 2 aromatic rings. The highest BCUT2D eigenvalue weighted by Crippen LogP contribution is 2.23. The Balaban J connectivity index is 1.63. The molecule has 6 nitrogen and oxygen atoms in total. The molecule has 1 saturated heterocycles. The minimum absolute atomic E-state index is 0.0848. The zero-order chi connectivity index (χ0) is 19.9. The van der Waals surface area contributed by atoms with E-state index in [1.54, 1.807) is 18.3 Å². The molecule has 0 bridgehead atoms. The quantitative estimate of drug-likeness (QED) is 0.458. The Morgan fingerprint density at radius 1 is 1.25 bits per heavy atom. The zero-order valence-corrected chi connectivity index (χ0v) is 16.1. The zero-order valence-electron chi connectivity index (χ0n) is 15.3. The van der Waals surface area contributed by atoms with Crippen LogP contribution in [0.5, 0.6) is 0 Å². The van der Waals surface area contributed by atoms with E-state index in [1.165, 1.54) is 6.07 Å². The number of anilines is 1. The third kappa shape index (κ3) is 5.03. The van der Waals surface area contributed by atoms with Gasteiger partial charge >= 0.3 is 0 Å². The average Bonchev–Trinajstić information content (AvgIpc) is 2.70. The Morgan fingerprint density at radius 2 is 2.00 bits per heavy atom. The third-order valence-electron chi connectivity index (χ3n) is 4.59. The van der Waals surface area contributed by atoms with Gasteiger partial charge < -0.3 is 10.6 Å². The van der Waals surface area contributed by atoms with Crippen LogP contribution in [0, 0.1) is 17.1 Å². The summed E-state index contributed by atoms with van der Waals surface area (Å²) in [6.45, 7) is 3.76. The SMILES string of the molecule is N#Cc1cc(C=NNC(N)=S)ccc1N1CCN(Cc2ccccc2F)CC1. The van der Waals surface area contributed by atoms with Gasteiger partial charge in [-0.15, -0.1) is 0 Å². The number of nitrogens with zero attached hydrogens (tertiary/aromatic N) is 4. The predicted molar refractivity (Wildman–Crippen MR) is 113 cm³/mol. The van der Waals surface area contributed by atoms with Gasteiger partial charge in [0, 0.05) is 38.3 Å². The monoisotopic (exact) mass is 396 g/mol. The molecule has 3 rings (SSSR count). The van der Waals surface area contributed by atoms with E-state index in [2.05, 4.69) is 26.4 Å². The van der Waals surface area contributed by atoms with E-state index < -0.39 is 0 Å². The molecule has 0 spiro atoms. The van der Waals surface area contributed by atoms with Crippen molar-refractivity contribution in [2.45, 2.75) is 6.54 Å². The van der Waals surface area contributed by atoms with Crippen LogP contribution in [0.1, 0.15) is 16.7 Å². The Labute approximate surface area is 169 Å². The van der Waals surface area contributed by atoms with Crippen molar-refractivity contribution in [2.75, 3.05) is 31.1 Å². The lowest BCUT2D eigenvalue weighted by Crippen LogP contribution is -2.46. The number of thiocarbonyl (C=S) groups is 1. The first kappa shape index (κ1) is 19.7. The molecule has 0 aliphatic carbocycles. The summed E-state index contributed by atoms with van der Waals surface area (Å²) in [6, 6.07) is 14.7. The topological polar surface area (TPSA) is 80.7 Å². The molecule has 1 aliphatic rings. The predicted octanol–water partition coefficient (Wildman–Crippen LogP) is 2.19. The smallest absolute Gasteiger partial charge is 0.184 e. The molecular weight excluding hydrogens is 375 g/mol. The van der Waals surface area contributed by atoms with E-state index in [4.69, 9.17) is 18.0 Å². The molecule has 0 aromatic heterocycles. The van der Waals surface area contributed by atoms with E-state index in [9.17, 15) is 9.65 Å². The molecule has 0 radical (unpaired) electrons. The number of nitriles is 1. The van der Waals surface area contributed by atoms with Crippen LogP contribution in [0.15, 0.2) is 47.6 Å². The lowest BCUT2D eigenvalue weighted by molar-refractivity contribution is 0.246. The molecule has 28 heavy (non-hydrogen) atoms. The van der Waals surface area contributed by atoms with Crippen molar-refractivity contribution >= 4 is 29.2 Å². The van der Waals surface area contributed by atoms with Gasteiger partial charge in [-0.05, 0) is 36.0 Å². The number of nitrogens with two attached hydrogens (primary N) is 1. The summed E-state index contributed by atoms with van der Waals surface area (Å²) in [5, 5.41) is 13.5. The molecule has 1 fully saturated rings. The van der Waals surface area contributed by atoms with Crippen LogP contribution < -0.4 is 16.1 Å². The molecule has 0 unspecified atom stereocenters. The number of piperazine rings is 1. The van der Waals surface area contributed by atoms with Crippen LogP contribution in [0.25, 0.3) is 0 Å². The van der Waals surface area contributed by atoms with Gasteiger partial charge in [0.1, 0.15) is 11.9 Å². The van der Waals surface area contributed by atoms with Crippen LogP contribution in [0.3, 0.4) is 0 Å². The van der Waals surface area contributed by atoms with Crippen LogP contribution in [-0.2, 0) is 6.54 Å². The van der Waals surface area contributed by atoms with Gasteiger partial charge in [-0.1, -0.05) is 24.3 Å². The molecule has 2 aromatic carbocycles. The van der Waals surface area contributed by atoms with Crippen molar-refractivity contribution < 1.29 is 4.39 Å². The van der Waals surface area contributed by atoms with E-state index in [1.807, 2.05) is 24.3 Å². The number of hydrogen-bond acceptors (Lipinski definition) is 5. The summed E-state index contributed by atoms with van der Waals surface area (Å²) in [4.78, 5) is 4.41. The maximum Gasteiger partial charge on any atom is 0.184 e. The van der Waals surface area contributed by atoms with Crippen molar-refractivity contribution in [2.24, 2.45) is 10.8 Å². The number of nitrogens with one attached hydrogen (secondary N) is 1. The lowest BCUT2D eigenvalue weighted by atomic mass is 10.1. The van der Waals surface area contributed by atoms with Crippen molar-refractivity contribution in [3.05, 3.63) is 65.0 Å². The maximum atomic E-state index is 13.9. The standard InChI is InChI=1S/C20H21FN6S/c21-18-4-2-1-3-16(18)14-26-7-9-27(10-8-26)19-6-5-15(11-17(19)12-22)13-24-25-20(23)28/h1-6,11,13H,7-10,14H2,(H3,23,25,28). The fourth-order valence-corrected chi connectivity index (χ4v) is 3.24. The number of halogens is 1. The van der Waals surface area contributed by atoms with Gasteiger partial charge in [0.25, 0.3) is 0 Å². The first-order valence-electron chi connectivity index (χ1n) is 8.90. The molecular formula is C20H21FN6S. The van der Waals surface area contributed by atoms with Gasteiger partial charge in [-0.2, -0.15) is 10.4 Å². The average molecular weight is 396 g/mol. The fraction of sp³-hybridized carbons (Fsp3) is 0.250. The molecule has 0 saturated carbocycles. The number of rotatable bonds is 5. The summed E-state index contributed by atoms with van der Waals surface area (Å²) in [5.74, 6) is -0.168. The number of benzene rings is 2. The van der Waals surface area contributed by atoms with Crippen molar-refractivity contribution in [1.29, 1.82) is 5.26 Å². The highest BCUT2D eigenvalue weighted by molar-refractivity contribution is 7.80. The van der Waals surface area contributed by atoms with Crippen molar-refractivity contribution in [3.8, 4) is 6.07 Å². The van der Waals surface area contributed by atoms with Crippen LogP contribution in [-0.4, -0.2) is 42.4 Å². The molecule has 1 heterocycles. The Hall–Kier alpha value is -3.02. The Kier molecular flexibility index (Phi) is 6.53. The summed E-state index contributed by atoms with van der Waals surface area (Å²) < 4.78 is 13.9. The summed E-state index contributed by atoms with van der Waals surface area (Å²) >= 11 is 4.69. The molecule has 3 N–H and O–H groups in total. The summed E-state index contributed by atoms with van der Waals surface area (Å²) in [6.07, 6.45) is 1.57. The summed E-state index contributed by atoms with van der Waals surface area (Å²) in [5.41, 5.74) is 10.8. The van der Waals surface area contributed by atoms with E-state index in [0.717, 1.165) is 37.4 Å². The van der Waals surface area contributed by atoms with Crippen LogP contribution in [0.4, 0.5) is 10.1 Å². The number of hydrazone groups is 1. The molecule has 0 amide bonds. The Morgan fingerprint density at radius 3 is 2.68 bits per heavy atom. The minimum atomic E-state index is -0.168. The van der Waals surface area contributed by atoms with E-state index in [-0.39, 0.29) is 10.9 Å². The first-order valence-corrected chi connectivity index (χ1v) is 9.31. The third-order valence-corrected chi connectivity index (χ3v) is 4.69. The van der Waals surface area contributed by atoms with Gasteiger partial charge in [0.15, 0.2) is 5.11 Å². The Bertz CT molecular complexity index is 915. The minimum Gasteiger partial charge on any atom is -0.375 e. The molecule has 8 heteroatoms. The van der Waals surface area contributed by atoms with Gasteiger partial charge in [0.05, 0.1) is 17.5 Å². The van der Waals surface area contributed by atoms with Gasteiger partial charge in [0.2, 0.25) is 0 Å². The van der Waals surface area contributed by atoms with Gasteiger partial charge in [-0.3, -0.25) is 10.3 Å². The maximum absolute atomic E-state index is 13.9. The van der Waals surface area contributed by atoms with Gasteiger partial charge in [-0.25, -0.2) is 4.39 Å². The van der Waals surface area contributed by atoms with E-state index >= 15 is 0 Å².